The smallest absolute Gasteiger partial charge is 0.0574 e. The van der Waals surface area contributed by atoms with Gasteiger partial charge in [0.2, 0.25) is 0 Å². The average Bonchev–Trinajstić information content (AvgIpc) is 2.89. The molecule has 2 heterocycles. The van der Waals surface area contributed by atoms with E-state index < -0.39 is 0 Å². The van der Waals surface area contributed by atoms with Gasteiger partial charge < -0.3 is 10.3 Å². The Morgan fingerprint density at radius 1 is 1.50 bits per heavy atom. The molecule has 1 atom stereocenters. The van der Waals surface area contributed by atoms with E-state index in [1.807, 2.05) is 0 Å². The summed E-state index contributed by atoms with van der Waals surface area (Å²) >= 11 is 5.31. The second-order valence-corrected chi connectivity index (χ2v) is 5.68. The van der Waals surface area contributed by atoms with Crippen LogP contribution in [0.3, 0.4) is 0 Å². The fourth-order valence-corrected chi connectivity index (χ4v) is 3.10. The van der Waals surface area contributed by atoms with Crippen molar-refractivity contribution in [2.24, 2.45) is 5.73 Å². The number of rotatable bonds is 4. The third-order valence-electron chi connectivity index (χ3n) is 2.66. The molecule has 0 radical (unpaired) electrons. The van der Waals surface area contributed by atoms with E-state index in [0.29, 0.717) is 0 Å². The summed E-state index contributed by atoms with van der Waals surface area (Å²) < 4.78 is 3.37. The Kier molecular flexibility index (Phi) is 3.84. The molecule has 0 aliphatic rings. The molecule has 0 fully saturated rings. The van der Waals surface area contributed by atoms with Crippen LogP contribution in [0.4, 0.5) is 0 Å². The SMILES string of the molecule is CCC(N)c1ccn(Cc2sccc2Br)c1. The van der Waals surface area contributed by atoms with Gasteiger partial charge in [0, 0.05) is 27.8 Å². The van der Waals surface area contributed by atoms with E-state index in [4.69, 9.17) is 5.73 Å². The van der Waals surface area contributed by atoms with Crippen LogP contribution in [0.5, 0.6) is 0 Å². The summed E-state index contributed by atoms with van der Waals surface area (Å²) in [6, 6.07) is 4.35. The second-order valence-electron chi connectivity index (χ2n) is 3.82. The molecule has 2 nitrogen and oxygen atoms in total. The maximum absolute atomic E-state index is 5.99. The van der Waals surface area contributed by atoms with Gasteiger partial charge in [0.25, 0.3) is 0 Å². The van der Waals surface area contributed by atoms with E-state index in [0.717, 1.165) is 13.0 Å². The Morgan fingerprint density at radius 3 is 2.94 bits per heavy atom. The van der Waals surface area contributed by atoms with E-state index in [9.17, 15) is 0 Å². The zero-order valence-electron chi connectivity index (χ0n) is 9.19. The maximum Gasteiger partial charge on any atom is 0.0574 e. The van der Waals surface area contributed by atoms with Crippen LogP contribution in [0, 0.1) is 0 Å². The Morgan fingerprint density at radius 2 is 2.31 bits per heavy atom. The number of nitrogens with two attached hydrogens (primary N) is 1. The van der Waals surface area contributed by atoms with Crippen molar-refractivity contribution in [1.29, 1.82) is 0 Å². The normalized spacial score (nSPS) is 12.9. The van der Waals surface area contributed by atoms with E-state index in [1.54, 1.807) is 11.3 Å². The molecule has 4 heteroatoms. The molecule has 0 spiro atoms. The summed E-state index contributed by atoms with van der Waals surface area (Å²) in [5.74, 6) is 0. The molecule has 2 N–H and O–H groups in total. The average molecular weight is 299 g/mol. The van der Waals surface area contributed by atoms with Crippen LogP contribution < -0.4 is 5.73 Å². The highest BCUT2D eigenvalue weighted by atomic mass is 79.9. The van der Waals surface area contributed by atoms with Gasteiger partial charge in [-0.2, -0.15) is 0 Å². The minimum Gasteiger partial charge on any atom is -0.349 e. The Bertz CT molecular complexity index is 461. The van der Waals surface area contributed by atoms with Crippen LogP contribution in [0.15, 0.2) is 34.4 Å². The van der Waals surface area contributed by atoms with Crippen molar-refractivity contribution in [2.45, 2.75) is 25.9 Å². The zero-order valence-corrected chi connectivity index (χ0v) is 11.6. The largest absolute Gasteiger partial charge is 0.349 e. The Balaban J connectivity index is 2.11. The fourth-order valence-electron chi connectivity index (χ4n) is 1.62. The predicted molar refractivity (Wildman–Crippen MR) is 72.8 cm³/mol. The lowest BCUT2D eigenvalue weighted by Gasteiger charge is -2.05. The molecule has 1 unspecified atom stereocenters. The Labute approximate surface area is 108 Å². The van der Waals surface area contributed by atoms with Gasteiger partial charge in [-0.25, -0.2) is 0 Å². The lowest BCUT2D eigenvalue weighted by Crippen LogP contribution is -2.07. The lowest BCUT2D eigenvalue weighted by atomic mass is 10.1. The van der Waals surface area contributed by atoms with Crippen molar-refractivity contribution in [2.75, 3.05) is 0 Å². The van der Waals surface area contributed by atoms with Crippen molar-refractivity contribution in [3.8, 4) is 0 Å². The minimum atomic E-state index is 0.160. The molecule has 2 rings (SSSR count). The topological polar surface area (TPSA) is 30.9 Å². The molecule has 2 aromatic rings. The van der Waals surface area contributed by atoms with Crippen LogP contribution in [-0.2, 0) is 6.54 Å². The molecule has 0 aliphatic heterocycles. The van der Waals surface area contributed by atoms with Gasteiger partial charge >= 0.3 is 0 Å². The molecule has 2 aromatic heterocycles. The third kappa shape index (κ3) is 2.56. The number of halogens is 1. The van der Waals surface area contributed by atoms with Gasteiger partial charge in [-0.1, -0.05) is 6.92 Å². The van der Waals surface area contributed by atoms with Gasteiger partial charge in [0.15, 0.2) is 0 Å². The highest BCUT2D eigenvalue weighted by Crippen LogP contribution is 2.24. The van der Waals surface area contributed by atoms with E-state index in [1.165, 1.54) is 14.9 Å². The lowest BCUT2D eigenvalue weighted by molar-refractivity contribution is 0.693. The number of thiophene rings is 1. The summed E-state index contributed by atoms with van der Waals surface area (Å²) in [7, 11) is 0. The van der Waals surface area contributed by atoms with Gasteiger partial charge in [0.05, 0.1) is 6.54 Å². The molecule has 0 amide bonds. The van der Waals surface area contributed by atoms with Gasteiger partial charge in [0.1, 0.15) is 0 Å². The molecule has 0 aromatic carbocycles. The third-order valence-corrected chi connectivity index (χ3v) is 4.57. The first-order valence-electron chi connectivity index (χ1n) is 5.34. The minimum absolute atomic E-state index is 0.160. The molecule has 0 saturated carbocycles. The van der Waals surface area contributed by atoms with Crippen LogP contribution >= 0.6 is 27.3 Å². The van der Waals surface area contributed by atoms with Gasteiger partial charge in [-0.15, -0.1) is 11.3 Å². The van der Waals surface area contributed by atoms with Crippen LogP contribution in [0.25, 0.3) is 0 Å². The Hall–Kier alpha value is -0.580. The summed E-state index contributed by atoms with van der Waals surface area (Å²) in [5, 5.41) is 2.10. The molecule has 0 saturated heterocycles. The van der Waals surface area contributed by atoms with Crippen molar-refractivity contribution in [1.82, 2.24) is 4.57 Å². The second kappa shape index (κ2) is 5.17. The van der Waals surface area contributed by atoms with Gasteiger partial charge in [-0.05, 0) is 45.4 Å². The van der Waals surface area contributed by atoms with E-state index >= 15 is 0 Å². The highest BCUT2D eigenvalue weighted by molar-refractivity contribution is 9.10. The van der Waals surface area contributed by atoms with Crippen molar-refractivity contribution in [3.05, 3.63) is 44.8 Å². The first-order valence-corrected chi connectivity index (χ1v) is 7.01. The van der Waals surface area contributed by atoms with Crippen molar-refractivity contribution < 1.29 is 0 Å². The van der Waals surface area contributed by atoms with E-state index in [-0.39, 0.29) is 6.04 Å². The summed E-state index contributed by atoms with van der Waals surface area (Å²) in [6.45, 7) is 3.02. The van der Waals surface area contributed by atoms with Crippen LogP contribution in [0.1, 0.15) is 29.8 Å². The predicted octanol–water partition coefficient (Wildman–Crippen LogP) is 3.77. The first-order chi connectivity index (χ1) is 7.70. The van der Waals surface area contributed by atoms with Crippen LogP contribution in [-0.4, -0.2) is 4.57 Å². The van der Waals surface area contributed by atoms with Crippen molar-refractivity contribution in [3.63, 3.8) is 0 Å². The number of aromatic nitrogens is 1. The highest BCUT2D eigenvalue weighted by Gasteiger charge is 2.06. The van der Waals surface area contributed by atoms with Crippen LogP contribution in [0.2, 0.25) is 0 Å². The zero-order chi connectivity index (χ0) is 11.5. The monoisotopic (exact) mass is 298 g/mol. The molecular weight excluding hydrogens is 284 g/mol. The quantitative estimate of drug-likeness (QED) is 0.915. The molecular formula is C12H15BrN2S. The summed E-state index contributed by atoms with van der Waals surface area (Å²) in [6.07, 6.45) is 5.21. The molecule has 86 valence electrons. The molecule has 0 aliphatic carbocycles. The van der Waals surface area contributed by atoms with Crippen molar-refractivity contribution >= 4 is 27.3 Å². The molecule has 16 heavy (non-hydrogen) atoms. The van der Waals surface area contributed by atoms with E-state index in [2.05, 4.69) is 57.3 Å². The summed E-state index contributed by atoms with van der Waals surface area (Å²) in [5.41, 5.74) is 7.21. The van der Waals surface area contributed by atoms with Gasteiger partial charge in [-0.3, -0.25) is 0 Å². The number of nitrogens with zero attached hydrogens (tertiary/aromatic N) is 1. The first kappa shape index (κ1) is 11.9. The molecule has 0 bridgehead atoms. The number of hydrogen-bond acceptors (Lipinski definition) is 2. The number of hydrogen-bond donors (Lipinski definition) is 1. The maximum atomic E-state index is 5.99. The summed E-state index contributed by atoms with van der Waals surface area (Å²) in [4.78, 5) is 1.34. The standard InChI is InChI=1S/C12H15BrN2S/c1-2-11(14)9-3-5-15(7-9)8-12-10(13)4-6-16-12/h3-7,11H,2,8,14H2,1H3. The fraction of sp³-hybridized carbons (Fsp3) is 0.333.